The van der Waals surface area contributed by atoms with Crippen LogP contribution in [0, 0.1) is 0 Å². The third kappa shape index (κ3) is 2.38. The molecule has 1 aromatic rings. The first-order chi connectivity index (χ1) is 7.68. The molecule has 1 unspecified atom stereocenters. The van der Waals surface area contributed by atoms with Crippen molar-refractivity contribution >= 4 is 21.7 Å². The number of hydrogen-bond acceptors (Lipinski definition) is 3. The lowest BCUT2D eigenvalue weighted by Gasteiger charge is -2.09. The van der Waals surface area contributed by atoms with E-state index in [-0.39, 0.29) is 10.6 Å². The van der Waals surface area contributed by atoms with E-state index in [2.05, 4.69) is 15.9 Å². The lowest BCUT2D eigenvalue weighted by molar-refractivity contribution is 0.0995. The molecule has 0 aliphatic carbocycles. The van der Waals surface area contributed by atoms with Crippen LogP contribution in [-0.2, 0) is 0 Å². The minimum atomic E-state index is -0.183. The molecule has 1 aliphatic rings. The third-order valence-corrected chi connectivity index (χ3v) is 2.81. The van der Waals surface area contributed by atoms with Gasteiger partial charge in [-0.1, -0.05) is 15.9 Å². The number of ether oxygens (including phenoxy) is 2. The smallest absolute Gasteiger partial charge is 0.176 e. The van der Waals surface area contributed by atoms with E-state index >= 15 is 0 Å². The van der Waals surface area contributed by atoms with Crippen molar-refractivity contribution in [2.75, 3.05) is 13.2 Å². The van der Waals surface area contributed by atoms with Gasteiger partial charge in [-0.25, -0.2) is 0 Å². The Morgan fingerprint density at radius 3 is 2.69 bits per heavy atom. The van der Waals surface area contributed by atoms with Gasteiger partial charge in [0, 0.05) is 12.0 Å². The van der Waals surface area contributed by atoms with E-state index < -0.39 is 0 Å². The molecule has 0 amide bonds. The number of alkyl halides is 1. The van der Waals surface area contributed by atoms with Gasteiger partial charge >= 0.3 is 0 Å². The second-order valence-corrected chi connectivity index (χ2v) is 5.07. The van der Waals surface area contributed by atoms with Crippen molar-refractivity contribution in [2.24, 2.45) is 0 Å². The van der Waals surface area contributed by atoms with Crippen LogP contribution >= 0.6 is 15.9 Å². The Kier molecular flexibility index (Phi) is 3.49. The van der Waals surface area contributed by atoms with Crippen molar-refractivity contribution in [1.82, 2.24) is 0 Å². The number of fused-ring (bicyclic) bond motifs is 1. The summed E-state index contributed by atoms with van der Waals surface area (Å²) in [5.41, 5.74) is 0.647. The van der Waals surface area contributed by atoms with Crippen LogP contribution in [0.3, 0.4) is 0 Å². The van der Waals surface area contributed by atoms with Crippen LogP contribution in [0.1, 0.15) is 23.7 Å². The summed E-state index contributed by atoms with van der Waals surface area (Å²) < 4.78 is 11.0. The number of carbonyl (C=O) groups is 1. The Balaban J connectivity index is 2.30. The molecule has 1 aliphatic heterocycles. The first-order valence-electron chi connectivity index (χ1n) is 5.26. The van der Waals surface area contributed by atoms with Crippen LogP contribution in [0.4, 0.5) is 0 Å². The number of carbonyl (C=O) groups excluding carboxylic acids is 1. The van der Waals surface area contributed by atoms with Crippen molar-refractivity contribution in [2.45, 2.75) is 18.2 Å². The molecule has 0 fully saturated rings. The molecule has 0 aromatic heterocycles. The van der Waals surface area contributed by atoms with Gasteiger partial charge in [-0.15, -0.1) is 0 Å². The summed E-state index contributed by atoms with van der Waals surface area (Å²) in [7, 11) is 0. The molecule has 0 saturated heterocycles. The maximum absolute atomic E-state index is 11.8. The normalized spacial score (nSPS) is 16.4. The summed E-state index contributed by atoms with van der Waals surface area (Å²) in [4.78, 5) is 11.6. The molecule has 4 heteroatoms. The maximum Gasteiger partial charge on any atom is 0.176 e. The molecule has 3 nitrogen and oxygen atoms in total. The highest BCUT2D eigenvalue weighted by Gasteiger charge is 2.16. The van der Waals surface area contributed by atoms with Crippen LogP contribution in [0.5, 0.6) is 11.5 Å². The Morgan fingerprint density at radius 1 is 1.31 bits per heavy atom. The molecule has 1 aromatic carbocycles. The number of rotatable bonds is 2. The van der Waals surface area contributed by atoms with Gasteiger partial charge in [-0.3, -0.25) is 4.79 Å². The fourth-order valence-electron chi connectivity index (χ4n) is 1.55. The van der Waals surface area contributed by atoms with Crippen LogP contribution in [0.2, 0.25) is 0 Å². The average Bonchev–Trinajstić information content (AvgIpc) is 2.51. The summed E-state index contributed by atoms with van der Waals surface area (Å²) in [5.74, 6) is 1.43. The van der Waals surface area contributed by atoms with Gasteiger partial charge in [0.05, 0.1) is 18.0 Å². The van der Waals surface area contributed by atoms with Gasteiger partial charge in [-0.2, -0.15) is 0 Å². The summed E-state index contributed by atoms with van der Waals surface area (Å²) in [6.45, 7) is 3.11. The Bertz CT molecular complexity index is 401. The van der Waals surface area contributed by atoms with Gasteiger partial charge < -0.3 is 9.47 Å². The van der Waals surface area contributed by atoms with Crippen molar-refractivity contribution in [1.29, 1.82) is 0 Å². The quantitative estimate of drug-likeness (QED) is 0.619. The van der Waals surface area contributed by atoms with E-state index in [0.717, 1.165) is 12.2 Å². The van der Waals surface area contributed by atoms with E-state index in [9.17, 15) is 4.79 Å². The molecule has 0 radical (unpaired) electrons. The Hall–Kier alpha value is -1.03. The molecule has 0 bridgehead atoms. The second kappa shape index (κ2) is 4.87. The molecule has 0 N–H and O–H groups in total. The molecule has 1 heterocycles. The van der Waals surface area contributed by atoms with E-state index in [4.69, 9.17) is 9.47 Å². The molecule has 0 saturated carbocycles. The van der Waals surface area contributed by atoms with Crippen molar-refractivity contribution in [3.8, 4) is 11.5 Å². The number of halogens is 1. The van der Waals surface area contributed by atoms with Crippen LogP contribution in [0.15, 0.2) is 18.2 Å². The summed E-state index contributed by atoms with van der Waals surface area (Å²) in [6.07, 6.45) is 0.868. The summed E-state index contributed by atoms with van der Waals surface area (Å²) >= 11 is 3.27. The van der Waals surface area contributed by atoms with Gasteiger partial charge in [0.2, 0.25) is 0 Å². The SMILES string of the molecule is CC(Br)C(=O)c1ccc2c(c1)OCCCO2. The van der Waals surface area contributed by atoms with E-state index in [1.165, 1.54) is 0 Å². The predicted octanol–water partition coefficient (Wildman–Crippen LogP) is 2.81. The van der Waals surface area contributed by atoms with Gasteiger partial charge in [-0.05, 0) is 25.1 Å². The highest BCUT2D eigenvalue weighted by molar-refractivity contribution is 9.10. The molecular weight excluding hydrogens is 272 g/mol. The summed E-state index contributed by atoms with van der Waals surface area (Å²) in [6, 6.07) is 5.32. The van der Waals surface area contributed by atoms with Crippen molar-refractivity contribution in [3.05, 3.63) is 23.8 Å². The fourth-order valence-corrected chi connectivity index (χ4v) is 1.81. The Morgan fingerprint density at radius 2 is 2.00 bits per heavy atom. The fraction of sp³-hybridized carbons (Fsp3) is 0.417. The van der Waals surface area contributed by atoms with E-state index in [0.29, 0.717) is 24.5 Å². The third-order valence-electron chi connectivity index (χ3n) is 2.39. The molecular formula is C12H13BrO3. The van der Waals surface area contributed by atoms with Crippen LogP contribution in [0.25, 0.3) is 0 Å². The van der Waals surface area contributed by atoms with Crippen molar-refractivity contribution < 1.29 is 14.3 Å². The van der Waals surface area contributed by atoms with Gasteiger partial charge in [0.15, 0.2) is 17.3 Å². The zero-order valence-corrected chi connectivity index (χ0v) is 10.6. The standard InChI is InChI=1S/C12H13BrO3/c1-8(13)12(14)9-3-4-10-11(7-9)16-6-2-5-15-10/h3-4,7-8H,2,5-6H2,1H3. The largest absolute Gasteiger partial charge is 0.490 e. The summed E-state index contributed by atoms with van der Waals surface area (Å²) in [5, 5.41) is 0. The Labute approximate surface area is 103 Å². The van der Waals surface area contributed by atoms with Crippen LogP contribution in [-0.4, -0.2) is 23.8 Å². The van der Waals surface area contributed by atoms with Crippen molar-refractivity contribution in [3.63, 3.8) is 0 Å². The zero-order chi connectivity index (χ0) is 11.5. The van der Waals surface area contributed by atoms with E-state index in [1.54, 1.807) is 18.2 Å². The molecule has 2 rings (SSSR count). The average molecular weight is 285 g/mol. The number of benzene rings is 1. The van der Waals surface area contributed by atoms with Gasteiger partial charge in [0.1, 0.15) is 0 Å². The zero-order valence-electron chi connectivity index (χ0n) is 9.03. The van der Waals surface area contributed by atoms with E-state index in [1.807, 2.05) is 6.92 Å². The number of hydrogen-bond donors (Lipinski definition) is 0. The first kappa shape index (κ1) is 11.5. The molecule has 86 valence electrons. The highest BCUT2D eigenvalue weighted by atomic mass is 79.9. The molecule has 1 atom stereocenters. The topological polar surface area (TPSA) is 35.5 Å². The van der Waals surface area contributed by atoms with Gasteiger partial charge in [0.25, 0.3) is 0 Å². The minimum absolute atomic E-state index is 0.0515. The van der Waals surface area contributed by atoms with Crippen LogP contribution < -0.4 is 9.47 Å². The number of Topliss-reactive ketones (excluding diaryl/α,β-unsaturated/α-hetero) is 1. The lowest BCUT2D eigenvalue weighted by atomic mass is 10.1. The lowest BCUT2D eigenvalue weighted by Crippen LogP contribution is -2.10. The maximum atomic E-state index is 11.8. The molecule has 16 heavy (non-hydrogen) atoms. The predicted molar refractivity (Wildman–Crippen MR) is 64.8 cm³/mol. The molecule has 0 spiro atoms. The minimum Gasteiger partial charge on any atom is -0.490 e. The first-order valence-corrected chi connectivity index (χ1v) is 6.18. The highest BCUT2D eigenvalue weighted by Crippen LogP contribution is 2.31. The number of ketones is 1. The second-order valence-electron chi connectivity index (χ2n) is 3.69. The monoisotopic (exact) mass is 284 g/mol.